The average molecular weight is 137 g/mol. The van der Waals surface area contributed by atoms with Gasteiger partial charge >= 0.3 is 0 Å². The first kappa shape index (κ1) is 7.55. The van der Waals surface area contributed by atoms with E-state index in [0.29, 0.717) is 6.04 Å². The van der Waals surface area contributed by atoms with Crippen LogP contribution in [0.5, 0.6) is 0 Å². The smallest absolute Gasteiger partial charge is 0.0113 e. The van der Waals surface area contributed by atoms with Gasteiger partial charge in [-0.25, -0.2) is 0 Å². The van der Waals surface area contributed by atoms with Crippen LogP contribution < -0.4 is 5.73 Å². The molecule has 0 radical (unpaired) electrons. The lowest BCUT2D eigenvalue weighted by atomic mass is 9.86. The highest BCUT2D eigenvalue weighted by Gasteiger charge is 2.17. The van der Waals surface area contributed by atoms with Crippen LogP contribution in [0.1, 0.15) is 26.2 Å². The third-order valence-corrected chi connectivity index (χ3v) is 1.79. The number of hydrogen-bond donors (Lipinski definition) is 1. The van der Waals surface area contributed by atoms with Crippen LogP contribution in [-0.2, 0) is 0 Å². The van der Waals surface area contributed by atoms with Crippen LogP contribution in [0.2, 0.25) is 0 Å². The Morgan fingerprint density at radius 2 is 2.40 bits per heavy atom. The summed E-state index contributed by atoms with van der Waals surface area (Å²) in [5.74, 6) is 0. The van der Waals surface area contributed by atoms with Gasteiger partial charge in [-0.05, 0) is 26.2 Å². The van der Waals surface area contributed by atoms with E-state index in [2.05, 4.69) is 19.6 Å². The van der Waals surface area contributed by atoms with Gasteiger partial charge in [0.1, 0.15) is 0 Å². The Hall–Kier alpha value is -0.560. The number of rotatable bonds is 2. The summed E-state index contributed by atoms with van der Waals surface area (Å²) in [5.41, 5.74) is 8.35. The van der Waals surface area contributed by atoms with Crippen LogP contribution in [0.25, 0.3) is 0 Å². The summed E-state index contributed by atoms with van der Waals surface area (Å²) in [4.78, 5) is 0. The highest BCUT2D eigenvalue weighted by atomic mass is 14.7. The minimum Gasteiger partial charge on any atom is -0.327 e. The average Bonchev–Trinajstić information content (AvgIpc) is 1.77. The fraction of sp³-hybridized carbons (Fsp3) is 0.556. The van der Waals surface area contributed by atoms with Crippen molar-refractivity contribution in [2.75, 3.05) is 0 Å². The third kappa shape index (κ3) is 1.99. The maximum Gasteiger partial charge on any atom is 0.0113 e. The van der Waals surface area contributed by atoms with Gasteiger partial charge in [-0.1, -0.05) is 23.8 Å². The zero-order valence-electron chi connectivity index (χ0n) is 6.56. The van der Waals surface area contributed by atoms with Gasteiger partial charge in [0.2, 0.25) is 0 Å². The van der Waals surface area contributed by atoms with Crippen molar-refractivity contribution in [3.8, 4) is 0 Å². The van der Waals surface area contributed by atoms with Crippen LogP contribution in [0.3, 0.4) is 0 Å². The molecule has 0 saturated heterocycles. The molecule has 0 atom stereocenters. The van der Waals surface area contributed by atoms with E-state index in [1.165, 1.54) is 11.1 Å². The van der Waals surface area contributed by atoms with Crippen LogP contribution in [-0.4, -0.2) is 6.04 Å². The highest BCUT2D eigenvalue weighted by Crippen LogP contribution is 2.25. The van der Waals surface area contributed by atoms with Crippen molar-refractivity contribution < 1.29 is 0 Å². The lowest BCUT2D eigenvalue weighted by Gasteiger charge is -2.25. The van der Waals surface area contributed by atoms with E-state index in [-0.39, 0.29) is 0 Å². The largest absolute Gasteiger partial charge is 0.327 e. The Morgan fingerprint density at radius 3 is 2.80 bits per heavy atom. The molecule has 0 bridgehead atoms. The summed E-state index contributed by atoms with van der Waals surface area (Å²) in [5, 5.41) is 0. The zero-order valence-corrected chi connectivity index (χ0v) is 6.56. The molecule has 1 saturated carbocycles. The second-order valence-corrected chi connectivity index (χ2v) is 3.19. The van der Waals surface area contributed by atoms with E-state index in [1.807, 2.05) is 0 Å². The molecule has 0 aromatic heterocycles. The Labute approximate surface area is 62.6 Å². The first-order valence-electron chi connectivity index (χ1n) is 3.76. The molecule has 0 unspecified atom stereocenters. The maximum absolute atomic E-state index is 5.61. The first-order chi connectivity index (χ1) is 4.68. The van der Waals surface area contributed by atoms with Crippen molar-refractivity contribution in [1.29, 1.82) is 0 Å². The number of hydrogen-bond acceptors (Lipinski definition) is 1. The fourth-order valence-electron chi connectivity index (χ4n) is 1.10. The van der Waals surface area contributed by atoms with Gasteiger partial charge in [-0.15, -0.1) is 0 Å². The van der Waals surface area contributed by atoms with Gasteiger partial charge in [0.25, 0.3) is 0 Å². The van der Waals surface area contributed by atoms with Gasteiger partial charge in [0.15, 0.2) is 0 Å². The molecule has 0 amide bonds. The topological polar surface area (TPSA) is 26.0 Å². The van der Waals surface area contributed by atoms with E-state index in [9.17, 15) is 0 Å². The van der Waals surface area contributed by atoms with Crippen molar-refractivity contribution in [1.82, 2.24) is 0 Å². The molecule has 56 valence electrons. The first-order valence-corrected chi connectivity index (χ1v) is 3.76. The molecule has 1 nitrogen and oxygen atoms in total. The molecular weight excluding hydrogens is 122 g/mol. The van der Waals surface area contributed by atoms with E-state index >= 15 is 0 Å². The third-order valence-electron chi connectivity index (χ3n) is 1.79. The van der Waals surface area contributed by atoms with E-state index in [0.717, 1.165) is 19.3 Å². The molecule has 1 rings (SSSR count). The Kier molecular flexibility index (Phi) is 2.28. The lowest BCUT2D eigenvalue weighted by Crippen LogP contribution is -2.30. The molecule has 0 spiro atoms. The zero-order chi connectivity index (χ0) is 7.56. The summed E-state index contributed by atoms with van der Waals surface area (Å²) in [6.45, 7) is 5.88. The van der Waals surface area contributed by atoms with Gasteiger partial charge in [-0.3, -0.25) is 0 Å². The predicted molar refractivity (Wildman–Crippen MR) is 44.7 cm³/mol. The molecule has 0 aromatic carbocycles. The van der Waals surface area contributed by atoms with Crippen LogP contribution in [0.4, 0.5) is 0 Å². The summed E-state index contributed by atoms with van der Waals surface area (Å²) >= 11 is 0. The SMILES string of the molecule is C=C(C)CC=C1CC(N)C1. The van der Waals surface area contributed by atoms with Gasteiger partial charge in [0.05, 0.1) is 0 Å². The second-order valence-electron chi connectivity index (χ2n) is 3.19. The second kappa shape index (κ2) is 3.02. The minimum atomic E-state index is 0.441. The van der Waals surface area contributed by atoms with E-state index in [4.69, 9.17) is 5.73 Å². The molecule has 0 aliphatic heterocycles. The highest BCUT2D eigenvalue weighted by molar-refractivity contribution is 5.17. The van der Waals surface area contributed by atoms with Crippen LogP contribution in [0, 0.1) is 0 Å². The van der Waals surface area contributed by atoms with E-state index in [1.54, 1.807) is 0 Å². The standard InChI is InChI=1S/C9H15N/c1-7(2)3-4-8-5-9(10)6-8/h4,9H,1,3,5-6,10H2,2H3. The van der Waals surface area contributed by atoms with E-state index < -0.39 is 0 Å². The monoisotopic (exact) mass is 137 g/mol. The van der Waals surface area contributed by atoms with Crippen LogP contribution in [0.15, 0.2) is 23.8 Å². The van der Waals surface area contributed by atoms with Crippen molar-refractivity contribution >= 4 is 0 Å². The summed E-state index contributed by atoms with van der Waals surface area (Å²) in [6.07, 6.45) is 5.49. The van der Waals surface area contributed by atoms with Crippen molar-refractivity contribution in [3.05, 3.63) is 23.8 Å². The molecule has 1 aliphatic carbocycles. The molecule has 1 heteroatoms. The number of allylic oxidation sites excluding steroid dienone is 2. The van der Waals surface area contributed by atoms with Gasteiger partial charge in [0, 0.05) is 6.04 Å². The van der Waals surface area contributed by atoms with Gasteiger partial charge < -0.3 is 5.73 Å². The van der Waals surface area contributed by atoms with Crippen molar-refractivity contribution in [3.63, 3.8) is 0 Å². The Morgan fingerprint density at radius 1 is 1.80 bits per heavy atom. The summed E-state index contributed by atoms with van der Waals surface area (Å²) in [6, 6.07) is 0.441. The molecular formula is C9H15N. The normalized spacial score (nSPS) is 23.8. The Balaban J connectivity index is 2.23. The van der Waals surface area contributed by atoms with Crippen molar-refractivity contribution in [2.24, 2.45) is 5.73 Å². The molecule has 0 aromatic rings. The fourth-order valence-corrected chi connectivity index (χ4v) is 1.10. The van der Waals surface area contributed by atoms with Crippen LogP contribution >= 0.6 is 0 Å². The summed E-state index contributed by atoms with van der Waals surface area (Å²) < 4.78 is 0. The molecule has 1 aliphatic rings. The van der Waals surface area contributed by atoms with Crippen molar-refractivity contribution in [2.45, 2.75) is 32.2 Å². The van der Waals surface area contributed by atoms with Gasteiger partial charge in [-0.2, -0.15) is 0 Å². The molecule has 2 N–H and O–H groups in total. The summed E-state index contributed by atoms with van der Waals surface area (Å²) in [7, 11) is 0. The molecule has 1 fully saturated rings. The molecule has 0 heterocycles. The maximum atomic E-state index is 5.61. The Bertz CT molecular complexity index is 160. The lowest BCUT2D eigenvalue weighted by molar-refractivity contribution is 0.539. The minimum absolute atomic E-state index is 0.441. The number of nitrogens with two attached hydrogens (primary N) is 1. The quantitative estimate of drug-likeness (QED) is 0.579. The molecule has 10 heavy (non-hydrogen) atoms. The predicted octanol–water partition coefficient (Wildman–Crippen LogP) is 2.00.